The summed E-state index contributed by atoms with van der Waals surface area (Å²) in [6.07, 6.45) is 5.33. The van der Waals surface area contributed by atoms with Crippen molar-refractivity contribution in [2.75, 3.05) is 5.32 Å². The third kappa shape index (κ3) is 4.82. The molecule has 1 saturated carbocycles. The molecule has 0 atom stereocenters. The van der Waals surface area contributed by atoms with Gasteiger partial charge in [-0.25, -0.2) is 4.98 Å². The fourth-order valence-corrected chi connectivity index (χ4v) is 4.21. The van der Waals surface area contributed by atoms with E-state index in [1.165, 1.54) is 6.42 Å². The van der Waals surface area contributed by atoms with E-state index in [0.29, 0.717) is 23.1 Å². The minimum Gasteiger partial charge on any atom is -0.349 e. The summed E-state index contributed by atoms with van der Waals surface area (Å²) in [6.45, 7) is 0.399. The van der Waals surface area contributed by atoms with Gasteiger partial charge in [-0.05, 0) is 43.2 Å². The van der Waals surface area contributed by atoms with Gasteiger partial charge in [0.1, 0.15) is 12.4 Å². The molecule has 1 aromatic heterocycles. The number of nitrogens with zero attached hydrogens (tertiary/aromatic N) is 2. The fraction of sp³-hybridized carbons (Fsp3) is 0.348. The highest BCUT2D eigenvalue weighted by Crippen LogP contribution is 2.24. The normalized spacial score (nSPS) is 14.6. The molecule has 0 radical (unpaired) electrons. The smallest absolute Gasteiger partial charge is 0.244 e. The number of benzene rings is 2. The topological polar surface area (TPSA) is 76.0 Å². The average Bonchev–Trinajstić information content (AvgIpc) is 3.10. The van der Waals surface area contributed by atoms with Gasteiger partial charge in [-0.1, -0.05) is 49.1 Å². The molecule has 1 aliphatic carbocycles. The maximum Gasteiger partial charge on any atom is 0.244 e. The maximum absolute atomic E-state index is 12.7. The highest BCUT2D eigenvalue weighted by molar-refractivity contribution is 6.30. The van der Waals surface area contributed by atoms with Crippen molar-refractivity contribution in [1.82, 2.24) is 14.9 Å². The molecule has 0 aliphatic heterocycles. The van der Waals surface area contributed by atoms with Crippen molar-refractivity contribution in [3.63, 3.8) is 0 Å². The largest absolute Gasteiger partial charge is 0.349 e. The van der Waals surface area contributed by atoms with E-state index in [1.807, 2.05) is 28.8 Å². The van der Waals surface area contributed by atoms with Gasteiger partial charge in [0, 0.05) is 16.6 Å². The van der Waals surface area contributed by atoms with Gasteiger partial charge < -0.3 is 15.2 Å². The molecule has 7 heteroatoms. The summed E-state index contributed by atoms with van der Waals surface area (Å²) in [5.41, 5.74) is 2.31. The van der Waals surface area contributed by atoms with Crippen LogP contribution in [0.2, 0.25) is 5.02 Å². The van der Waals surface area contributed by atoms with Gasteiger partial charge in [0.25, 0.3) is 0 Å². The zero-order valence-electron chi connectivity index (χ0n) is 16.7. The first-order valence-electron chi connectivity index (χ1n) is 10.4. The summed E-state index contributed by atoms with van der Waals surface area (Å²) in [5.74, 6) is 0.654. The summed E-state index contributed by atoms with van der Waals surface area (Å²) in [7, 11) is 0. The third-order valence-corrected chi connectivity index (χ3v) is 5.78. The number of hydrogen-bond acceptors (Lipinski definition) is 3. The number of hydrogen-bond donors (Lipinski definition) is 2. The number of carbonyl (C=O) groups excluding carboxylic acids is 2. The second-order valence-electron chi connectivity index (χ2n) is 7.71. The lowest BCUT2D eigenvalue weighted by Gasteiger charge is -2.20. The van der Waals surface area contributed by atoms with E-state index in [-0.39, 0.29) is 24.3 Å². The SMILES string of the molecule is O=C(Cn1c(CNC(=O)C2CCCCC2)nc2ccccc21)Nc1cccc(Cl)c1. The van der Waals surface area contributed by atoms with E-state index in [0.717, 1.165) is 36.7 Å². The quantitative estimate of drug-likeness (QED) is 0.610. The Hall–Kier alpha value is -2.86. The number of anilines is 1. The number of imidazole rings is 1. The fourth-order valence-electron chi connectivity index (χ4n) is 4.02. The van der Waals surface area contributed by atoms with Crippen molar-refractivity contribution in [2.24, 2.45) is 5.92 Å². The zero-order valence-corrected chi connectivity index (χ0v) is 17.5. The minimum absolute atomic E-state index is 0.0803. The molecule has 1 heterocycles. The summed E-state index contributed by atoms with van der Waals surface area (Å²) >= 11 is 6.00. The van der Waals surface area contributed by atoms with Crippen LogP contribution in [0.5, 0.6) is 0 Å². The molecule has 2 N–H and O–H groups in total. The van der Waals surface area contributed by atoms with E-state index in [1.54, 1.807) is 24.3 Å². The highest BCUT2D eigenvalue weighted by Gasteiger charge is 2.22. The lowest BCUT2D eigenvalue weighted by molar-refractivity contribution is -0.126. The lowest BCUT2D eigenvalue weighted by atomic mass is 9.89. The van der Waals surface area contributed by atoms with Gasteiger partial charge in [0.15, 0.2) is 0 Å². The van der Waals surface area contributed by atoms with E-state index < -0.39 is 0 Å². The summed E-state index contributed by atoms with van der Waals surface area (Å²) < 4.78 is 1.86. The van der Waals surface area contributed by atoms with Gasteiger partial charge in [0.05, 0.1) is 17.6 Å². The number of fused-ring (bicyclic) bond motifs is 1. The summed E-state index contributed by atoms with van der Waals surface area (Å²) in [5, 5.41) is 6.46. The molecule has 2 amide bonds. The number of para-hydroxylation sites is 2. The molecule has 156 valence electrons. The monoisotopic (exact) mass is 424 g/mol. The average molecular weight is 425 g/mol. The maximum atomic E-state index is 12.7. The second-order valence-corrected chi connectivity index (χ2v) is 8.15. The van der Waals surface area contributed by atoms with Crippen LogP contribution < -0.4 is 10.6 Å². The Labute approximate surface area is 180 Å². The molecule has 0 saturated heterocycles. The number of amides is 2. The van der Waals surface area contributed by atoms with Crippen LogP contribution in [0.4, 0.5) is 5.69 Å². The number of carbonyl (C=O) groups is 2. The Bertz CT molecular complexity index is 1060. The zero-order chi connectivity index (χ0) is 20.9. The Morgan fingerprint density at radius 3 is 2.67 bits per heavy atom. The van der Waals surface area contributed by atoms with Crippen LogP contribution in [0, 0.1) is 5.92 Å². The summed E-state index contributed by atoms with van der Waals surface area (Å²) in [6, 6.07) is 14.7. The third-order valence-electron chi connectivity index (χ3n) is 5.54. The van der Waals surface area contributed by atoms with E-state index in [9.17, 15) is 9.59 Å². The standard InChI is InChI=1S/C23H25ClN4O2/c24-17-9-6-10-18(13-17)26-22(29)15-28-20-12-5-4-11-19(20)27-21(28)14-25-23(30)16-7-2-1-3-8-16/h4-6,9-13,16H,1-3,7-8,14-15H2,(H,25,30)(H,26,29). The second kappa shape index (κ2) is 9.30. The van der Waals surface area contributed by atoms with Gasteiger partial charge in [-0.3, -0.25) is 9.59 Å². The number of aromatic nitrogens is 2. The minimum atomic E-state index is -0.180. The number of rotatable bonds is 6. The van der Waals surface area contributed by atoms with Crippen LogP contribution >= 0.6 is 11.6 Å². The first kappa shape index (κ1) is 20.4. The number of nitrogens with one attached hydrogen (secondary N) is 2. The molecule has 0 spiro atoms. The molecule has 6 nitrogen and oxygen atoms in total. The first-order valence-corrected chi connectivity index (χ1v) is 10.8. The van der Waals surface area contributed by atoms with Crippen LogP contribution in [0.15, 0.2) is 48.5 Å². The summed E-state index contributed by atoms with van der Waals surface area (Å²) in [4.78, 5) is 29.9. The lowest BCUT2D eigenvalue weighted by Crippen LogP contribution is -2.32. The molecule has 4 rings (SSSR count). The molecule has 30 heavy (non-hydrogen) atoms. The van der Waals surface area contributed by atoms with Crippen molar-refractivity contribution in [2.45, 2.75) is 45.2 Å². The molecule has 3 aromatic rings. The number of halogens is 1. The predicted octanol–water partition coefficient (Wildman–Crippen LogP) is 4.52. The Morgan fingerprint density at radius 1 is 1.07 bits per heavy atom. The van der Waals surface area contributed by atoms with Crippen molar-refractivity contribution < 1.29 is 9.59 Å². The van der Waals surface area contributed by atoms with Gasteiger partial charge >= 0.3 is 0 Å². The van der Waals surface area contributed by atoms with Crippen molar-refractivity contribution >= 4 is 40.1 Å². The van der Waals surface area contributed by atoms with Crippen LogP contribution in [0.25, 0.3) is 11.0 Å². The predicted molar refractivity (Wildman–Crippen MR) is 118 cm³/mol. The molecule has 1 fully saturated rings. The van der Waals surface area contributed by atoms with Crippen LogP contribution in [0.3, 0.4) is 0 Å². The van der Waals surface area contributed by atoms with Crippen LogP contribution in [0.1, 0.15) is 37.9 Å². The molecule has 2 aromatic carbocycles. The molecular formula is C23H25ClN4O2. The van der Waals surface area contributed by atoms with E-state index in [2.05, 4.69) is 15.6 Å². The van der Waals surface area contributed by atoms with Crippen molar-refractivity contribution in [3.8, 4) is 0 Å². The van der Waals surface area contributed by atoms with Crippen LogP contribution in [-0.4, -0.2) is 21.4 Å². The van der Waals surface area contributed by atoms with Gasteiger partial charge in [-0.2, -0.15) is 0 Å². The van der Waals surface area contributed by atoms with Crippen molar-refractivity contribution in [1.29, 1.82) is 0 Å². The van der Waals surface area contributed by atoms with E-state index in [4.69, 9.17) is 11.6 Å². The molecule has 1 aliphatic rings. The van der Waals surface area contributed by atoms with Gasteiger partial charge in [-0.15, -0.1) is 0 Å². The van der Waals surface area contributed by atoms with E-state index >= 15 is 0 Å². The molecular weight excluding hydrogens is 400 g/mol. The molecule has 0 unspecified atom stereocenters. The van der Waals surface area contributed by atoms with Crippen molar-refractivity contribution in [3.05, 3.63) is 59.4 Å². The van der Waals surface area contributed by atoms with Crippen LogP contribution in [-0.2, 0) is 22.7 Å². The first-order chi connectivity index (χ1) is 14.6. The Balaban J connectivity index is 1.49. The Morgan fingerprint density at radius 2 is 1.87 bits per heavy atom. The molecule has 0 bridgehead atoms. The van der Waals surface area contributed by atoms with Gasteiger partial charge in [0.2, 0.25) is 11.8 Å². The highest BCUT2D eigenvalue weighted by atomic mass is 35.5. The Kier molecular flexibility index (Phi) is 6.33.